The number of fused-ring (bicyclic) bond motifs is 6. The van der Waals surface area contributed by atoms with E-state index in [4.69, 9.17) is 11.5 Å². The fourth-order valence-electron chi connectivity index (χ4n) is 9.43. The molecule has 8 aromatic rings. The van der Waals surface area contributed by atoms with E-state index in [1.807, 2.05) is 50.2 Å². The summed E-state index contributed by atoms with van der Waals surface area (Å²) in [5.74, 6) is 3.13. The summed E-state index contributed by atoms with van der Waals surface area (Å²) in [6.45, 7) is 6.96. The minimum Gasteiger partial charge on any atom is -0.387 e. The van der Waals surface area contributed by atoms with Crippen LogP contribution in [-0.4, -0.2) is 97.7 Å². The zero-order valence-electron chi connectivity index (χ0n) is 38.3. The van der Waals surface area contributed by atoms with Crippen molar-refractivity contribution >= 4 is 79.6 Å². The lowest BCUT2D eigenvalue weighted by molar-refractivity contribution is -0.122. The number of hydrogen-bond acceptors (Lipinski definition) is 18. The quantitative estimate of drug-likeness (QED) is 0.112. The van der Waals surface area contributed by atoms with Gasteiger partial charge in [0.2, 0.25) is 11.8 Å². The van der Waals surface area contributed by atoms with Crippen LogP contribution < -0.4 is 43.4 Å². The molecule has 0 saturated carbocycles. The number of nitrogens with zero attached hydrogens (tertiary/aromatic N) is 10. The fourth-order valence-corrected chi connectivity index (χ4v) is 9.43. The molecule has 0 saturated heterocycles. The maximum absolute atomic E-state index is 11.8. The summed E-state index contributed by atoms with van der Waals surface area (Å²) in [6, 6.07) is 11.6. The molecule has 0 fully saturated rings. The van der Waals surface area contributed by atoms with Crippen LogP contribution in [0.1, 0.15) is 59.0 Å². The molecular weight excluding hydrogens is 893 g/mol. The highest BCUT2D eigenvalue weighted by Gasteiger charge is 2.25. The minimum absolute atomic E-state index is 0.0468. The first-order chi connectivity index (χ1) is 33.9. The third kappa shape index (κ3) is 8.42. The van der Waals surface area contributed by atoms with Gasteiger partial charge in [0.15, 0.2) is 11.6 Å². The molecule has 0 aliphatic carbocycles. The smallest absolute Gasteiger partial charge is 0.241 e. The number of rotatable bonds is 6. The van der Waals surface area contributed by atoms with Gasteiger partial charge in [-0.3, -0.25) is 28.9 Å². The number of aromatic nitrogens is 10. The Labute approximate surface area is 399 Å². The van der Waals surface area contributed by atoms with E-state index in [1.165, 1.54) is 0 Å². The molecule has 8 aromatic heterocycles. The number of carbonyl (C=O) groups is 2. The van der Waals surface area contributed by atoms with Crippen LogP contribution in [0.2, 0.25) is 0 Å². The lowest BCUT2D eigenvalue weighted by Crippen LogP contribution is -2.25. The SMILES string of the molecule is Cc1c(-c2cc3cc(Nc4cc5n(n4)CC(=O)NCC5)ncc3c(N)n2)cnc2c1NCC[C@@H]2O.Cc1c(-c2cc3cc(Nc4cc5n(n4)CC(=O)NCC5)ncc3c(N)n2)cnc2c1NCC[C@H]2O. The fraction of sp³-hybridized carbons (Fsp3) is 0.292. The van der Waals surface area contributed by atoms with Crippen molar-refractivity contribution in [3.05, 3.63) is 95.1 Å². The topological polar surface area (TPSA) is 312 Å². The number of nitrogen functional groups attached to an aromatic ring is 2. The Hall–Kier alpha value is -8.50. The number of nitrogens with one attached hydrogen (secondary N) is 6. The van der Waals surface area contributed by atoms with Crippen molar-refractivity contribution in [2.75, 3.05) is 58.9 Å². The Balaban J connectivity index is 0.000000152. The molecule has 0 spiro atoms. The molecule has 22 heteroatoms. The lowest BCUT2D eigenvalue weighted by Gasteiger charge is -2.24. The molecule has 0 aromatic carbocycles. The highest BCUT2D eigenvalue weighted by atomic mass is 16.3. The minimum atomic E-state index is -0.569. The highest BCUT2D eigenvalue weighted by Crippen LogP contribution is 2.39. The number of pyridine rings is 6. The van der Waals surface area contributed by atoms with Crippen LogP contribution in [0.15, 0.2) is 61.2 Å². The Morgan fingerprint density at radius 1 is 0.571 bits per heavy atom. The predicted molar refractivity (Wildman–Crippen MR) is 264 cm³/mol. The van der Waals surface area contributed by atoms with Crippen LogP contribution in [0, 0.1) is 13.8 Å². The maximum Gasteiger partial charge on any atom is 0.241 e. The predicted octanol–water partition coefficient (Wildman–Crippen LogP) is 4.09. The van der Waals surface area contributed by atoms with Gasteiger partial charge in [0.25, 0.3) is 0 Å². The van der Waals surface area contributed by atoms with Crippen LogP contribution in [0.25, 0.3) is 44.1 Å². The van der Waals surface area contributed by atoms with E-state index < -0.39 is 12.2 Å². The Morgan fingerprint density at radius 2 is 1.01 bits per heavy atom. The first-order valence-corrected chi connectivity index (χ1v) is 23.1. The van der Waals surface area contributed by atoms with Gasteiger partial charge in [-0.05, 0) is 72.9 Å². The van der Waals surface area contributed by atoms with E-state index in [9.17, 15) is 19.8 Å². The Morgan fingerprint density at radius 3 is 1.46 bits per heavy atom. The molecule has 12 N–H and O–H groups in total. The van der Waals surface area contributed by atoms with E-state index in [2.05, 4.69) is 72.0 Å². The molecular formula is C48H50N18O4. The largest absolute Gasteiger partial charge is 0.387 e. The van der Waals surface area contributed by atoms with E-state index in [0.717, 1.165) is 79.4 Å². The Kier molecular flexibility index (Phi) is 11.2. The van der Waals surface area contributed by atoms with Gasteiger partial charge < -0.3 is 53.6 Å². The summed E-state index contributed by atoms with van der Waals surface area (Å²) >= 11 is 0. The molecule has 4 aliphatic heterocycles. The molecule has 2 atom stereocenters. The van der Waals surface area contributed by atoms with Crippen molar-refractivity contribution < 1.29 is 19.8 Å². The summed E-state index contributed by atoms with van der Waals surface area (Å²) in [5.41, 5.74) is 22.6. The number of carbonyl (C=O) groups excluding carboxylic acids is 2. The van der Waals surface area contributed by atoms with Crippen LogP contribution in [0.4, 0.5) is 46.3 Å². The second kappa shape index (κ2) is 17.9. The summed E-state index contributed by atoms with van der Waals surface area (Å²) in [6.07, 6.45) is 8.43. The summed E-state index contributed by atoms with van der Waals surface area (Å²) in [4.78, 5) is 50.8. The van der Waals surface area contributed by atoms with Gasteiger partial charge >= 0.3 is 0 Å². The molecule has 0 radical (unpaired) electrons. The van der Waals surface area contributed by atoms with E-state index in [1.54, 1.807) is 34.2 Å². The molecule has 356 valence electrons. The average Bonchev–Trinajstić information content (AvgIpc) is 3.78. The van der Waals surface area contributed by atoms with Crippen LogP contribution in [0.5, 0.6) is 0 Å². The van der Waals surface area contributed by atoms with Gasteiger partial charge in [0.1, 0.15) is 36.4 Å². The van der Waals surface area contributed by atoms with Crippen molar-refractivity contribution in [2.24, 2.45) is 0 Å². The van der Waals surface area contributed by atoms with Crippen molar-refractivity contribution in [3.63, 3.8) is 0 Å². The molecule has 0 unspecified atom stereocenters. The Bertz CT molecular complexity index is 3180. The summed E-state index contributed by atoms with van der Waals surface area (Å²) in [5, 5.41) is 51.7. The van der Waals surface area contributed by atoms with Crippen molar-refractivity contribution in [3.8, 4) is 22.5 Å². The number of anilines is 8. The van der Waals surface area contributed by atoms with Gasteiger partial charge in [-0.25, -0.2) is 19.9 Å². The van der Waals surface area contributed by atoms with Crippen LogP contribution in [-0.2, 0) is 35.5 Å². The summed E-state index contributed by atoms with van der Waals surface area (Å²) < 4.78 is 3.42. The van der Waals surface area contributed by atoms with Crippen LogP contribution in [0.3, 0.4) is 0 Å². The average molecular weight is 943 g/mol. The van der Waals surface area contributed by atoms with Gasteiger partial charge in [0.05, 0.1) is 46.4 Å². The zero-order valence-corrected chi connectivity index (χ0v) is 38.3. The van der Waals surface area contributed by atoms with E-state index in [-0.39, 0.29) is 24.9 Å². The van der Waals surface area contributed by atoms with Gasteiger partial charge in [-0.15, -0.1) is 0 Å². The van der Waals surface area contributed by atoms with Crippen molar-refractivity contribution in [2.45, 2.75) is 64.8 Å². The zero-order chi connectivity index (χ0) is 48.2. The van der Waals surface area contributed by atoms with Crippen molar-refractivity contribution in [1.82, 2.24) is 60.1 Å². The molecule has 70 heavy (non-hydrogen) atoms. The second-order valence-electron chi connectivity index (χ2n) is 17.8. The number of hydrogen-bond donors (Lipinski definition) is 10. The number of aliphatic hydroxyl groups is 2. The van der Waals surface area contributed by atoms with E-state index in [0.29, 0.717) is 96.7 Å². The third-order valence-electron chi connectivity index (χ3n) is 13.1. The monoisotopic (exact) mass is 942 g/mol. The van der Waals surface area contributed by atoms with Gasteiger partial charge in [-0.1, -0.05) is 0 Å². The molecule has 4 aliphatic rings. The molecule has 2 amide bonds. The molecule has 12 rings (SSSR count). The lowest BCUT2D eigenvalue weighted by atomic mass is 9.98. The standard InChI is InChI=1S/2C24H25N9O2/c2*1-12-15(9-29-23-18(34)3-5-27-22(12)23)17-6-13-7-19(28-10-16(13)24(25)30-17)31-20-8-14-2-4-26-21(35)11-33(14)32-20/h2*6-10,18,27,34H,2-5,11H2,1H3,(H2,25,30)(H,26,35)(H,28,31,32)/t2*18-/m10/s1. The number of amides is 2. The maximum atomic E-state index is 11.8. The molecule has 22 nitrogen and oxygen atoms in total. The van der Waals surface area contributed by atoms with Crippen LogP contribution >= 0.6 is 0 Å². The summed E-state index contributed by atoms with van der Waals surface area (Å²) in [7, 11) is 0. The molecule has 0 bridgehead atoms. The third-order valence-corrected chi connectivity index (χ3v) is 13.1. The molecule has 12 heterocycles. The first kappa shape index (κ1) is 44.0. The second-order valence-corrected chi connectivity index (χ2v) is 17.8. The highest BCUT2D eigenvalue weighted by molar-refractivity contribution is 5.96. The van der Waals surface area contributed by atoms with Gasteiger partial charge in [-0.2, -0.15) is 10.2 Å². The van der Waals surface area contributed by atoms with Gasteiger partial charge in [0, 0.05) is 109 Å². The van der Waals surface area contributed by atoms with Crippen molar-refractivity contribution in [1.29, 1.82) is 0 Å². The first-order valence-electron chi connectivity index (χ1n) is 23.1. The van der Waals surface area contributed by atoms with E-state index >= 15 is 0 Å². The number of aliphatic hydroxyl groups excluding tert-OH is 2. The normalized spacial score (nSPS) is 17.2. The number of nitrogens with two attached hydrogens (primary N) is 2.